The molecule has 0 bridgehead atoms. The minimum absolute atomic E-state index is 0.911. The highest BCUT2D eigenvalue weighted by Gasteiger charge is 2.21. The van der Waals surface area contributed by atoms with Crippen molar-refractivity contribution in [2.45, 2.75) is 13.5 Å². The van der Waals surface area contributed by atoms with Gasteiger partial charge in [-0.15, -0.1) is 0 Å². The Labute approximate surface area is 120 Å². The Balaban J connectivity index is 2.22. The van der Waals surface area contributed by atoms with Gasteiger partial charge in [0.25, 0.3) is 0 Å². The van der Waals surface area contributed by atoms with Crippen molar-refractivity contribution in [2.75, 3.05) is 19.1 Å². The number of nitrogens with zero attached hydrogens (tertiary/aromatic N) is 1. The van der Waals surface area contributed by atoms with E-state index in [0.29, 0.717) is 0 Å². The summed E-state index contributed by atoms with van der Waals surface area (Å²) in [6.07, 6.45) is 4.26. The first-order valence-electron chi connectivity index (χ1n) is 6.88. The maximum absolute atomic E-state index is 5.34. The molecule has 0 atom stereocenters. The number of allylic oxidation sites excluding steroid dienone is 1. The van der Waals surface area contributed by atoms with Gasteiger partial charge in [0.1, 0.15) is 5.75 Å². The SMILES string of the molecule is C/C=C/c1cccc2c1N(C)Cc1cc(OC)ccc1-2. The lowest BCUT2D eigenvalue weighted by molar-refractivity contribution is 0.414. The second kappa shape index (κ2) is 5.04. The van der Waals surface area contributed by atoms with Crippen molar-refractivity contribution in [1.29, 1.82) is 0 Å². The number of hydrogen-bond acceptors (Lipinski definition) is 2. The van der Waals surface area contributed by atoms with Crippen molar-refractivity contribution < 1.29 is 4.74 Å². The fraction of sp³-hybridized carbons (Fsp3) is 0.222. The molecule has 0 fully saturated rings. The molecule has 0 N–H and O–H groups in total. The normalized spacial score (nSPS) is 13.2. The summed E-state index contributed by atoms with van der Waals surface area (Å²) in [6, 6.07) is 12.8. The molecular formula is C18H19NO. The van der Waals surface area contributed by atoms with Gasteiger partial charge in [0, 0.05) is 19.2 Å². The van der Waals surface area contributed by atoms with Gasteiger partial charge in [-0.3, -0.25) is 0 Å². The molecule has 0 aromatic heterocycles. The van der Waals surface area contributed by atoms with Crippen molar-refractivity contribution in [3.8, 4) is 16.9 Å². The zero-order chi connectivity index (χ0) is 14.1. The Morgan fingerprint density at radius 3 is 2.75 bits per heavy atom. The van der Waals surface area contributed by atoms with Crippen LogP contribution in [0.2, 0.25) is 0 Å². The lowest BCUT2D eigenvalue weighted by atomic mass is 9.91. The number of benzene rings is 2. The van der Waals surface area contributed by atoms with Gasteiger partial charge in [-0.25, -0.2) is 0 Å². The van der Waals surface area contributed by atoms with E-state index in [4.69, 9.17) is 4.74 Å². The van der Waals surface area contributed by atoms with Crippen LogP contribution >= 0.6 is 0 Å². The standard InChI is InChI=1S/C18H19NO/c1-4-6-13-7-5-8-17-16-10-9-15(20-3)11-14(16)12-19(2)18(13)17/h4-11H,12H2,1-3H3/b6-4+. The minimum atomic E-state index is 0.911. The van der Waals surface area contributed by atoms with Crippen LogP contribution in [0, 0.1) is 0 Å². The number of anilines is 1. The molecule has 0 saturated heterocycles. The molecule has 102 valence electrons. The number of para-hydroxylation sites is 1. The number of rotatable bonds is 2. The number of fused-ring (bicyclic) bond motifs is 3. The van der Waals surface area contributed by atoms with Gasteiger partial charge in [0.05, 0.1) is 12.8 Å². The molecule has 0 radical (unpaired) electrons. The molecule has 1 aliphatic heterocycles. The summed E-state index contributed by atoms with van der Waals surface area (Å²) in [5.74, 6) is 0.921. The fourth-order valence-corrected chi connectivity index (χ4v) is 2.94. The van der Waals surface area contributed by atoms with Crippen LogP contribution in [0.4, 0.5) is 5.69 Å². The van der Waals surface area contributed by atoms with E-state index in [1.54, 1.807) is 7.11 Å². The molecule has 1 heterocycles. The van der Waals surface area contributed by atoms with Crippen LogP contribution in [-0.2, 0) is 6.54 Å². The van der Waals surface area contributed by atoms with Crippen molar-refractivity contribution in [1.82, 2.24) is 0 Å². The number of ether oxygens (including phenoxy) is 1. The quantitative estimate of drug-likeness (QED) is 0.800. The van der Waals surface area contributed by atoms with E-state index in [2.05, 4.69) is 61.4 Å². The van der Waals surface area contributed by atoms with Gasteiger partial charge in [-0.1, -0.05) is 36.4 Å². The molecule has 2 aromatic carbocycles. The van der Waals surface area contributed by atoms with Gasteiger partial charge in [-0.05, 0) is 35.7 Å². The van der Waals surface area contributed by atoms with E-state index in [1.165, 1.54) is 27.9 Å². The second-order valence-electron chi connectivity index (χ2n) is 5.12. The lowest BCUT2D eigenvalue weighted by Crippen LogP contribution is -2.22. The molecule has 2 heteroatoms. The fourth-order valence-electron chi connectivity index (χ4n) is 2.94. The van der Waals surface area contributed by atoms with E-state index in [1.807, 2.05) is 6.07 Å². The summed E-state index contributed by atoms with van der Waals surface area (Å²) in [4.78, 5) is 2.31. The maximum Gasteiger partial charge on any atom is 0.119 e. The predicted molar refractivity (Wildman–Crippen MR) is 85.2 cm³/mol. The summed E-state index contributed by atoms with van der Waals surface area (Å²) in [6.45, 7) is 2.97. The third-order valence-corrected chi connectivity index (χ3v) is 3.81. The first-order chi connectivity index (χ1) is 9.74. The summed E-state index contributed by atoms with van der Waals surface area (Å²) in [5.41, 5.74) is 6.51. The van der Waals surface area contributed by atoms with Crippen molar-refractivity contribution in [2.24, 2.45) is 0 Å². The zero-order valence-corrected chi connectivity index (χ0v) is 12.2. The van der Waals surface area contributed by atoms with E-state index in [-0.39, 0.29) is 0 Å². The monoisotopic (exact) mass is 265 g/mol. The van der Waals surface area contributed by atoms with Crippen LogP contribution in [0.1, 0.15) is 18.1 Å². The highest BCUT2D eigenvalue weighted by atomic mass is 16.5. The molecule has 2 aromatic rings. The average molecular weight is 265 g/mol. The second-order valence-corrected chi connectivity index (χ2v) is 5.12. The third kappa shape index (κ3) is 1.97. The molecule has 0 unspecified atom stereocenters. The maximum atomic E-state index is 5.34. The van der Waals surface area contributed by atoms with Gasteiger partial charge < -0.3 is 9.64 Å². The molecule has 0 amide bonds. The van der Waals surface area contributed by atoms with Gasteiger partial charge in [0.2, 0.25) is 0 Å². The molecular weight excluding hydrogens is 246 g/mol. The van der Waals surface area contributed by atoms with Crippen LogP contribution in [0.15, 0.2) is 42.5 Å². The Hall–Kier alpha value is -2.22. The predicted octanol–water partition coefficient (Wildman–Crippen LogP) is 4.35. The smallest absolute Gasteiger partial charge is 0.119 e. The number of hydrogen-bond donors (Lipinski definition) is 0. The van der Waals surface area contributed by atoms with Gasteiger partial charge >= 0.3 is 0 Å². The first-order valence-corrected chi connectivity index (χ1v) is 6.88. The Bertz CT molecular complexity index is 673. The molecule has 3 rings (SSSR count). The summed E-state index contributed by atoms with van der Waals surface area (Å²) < 4.78 is 5.34. The minimum Gasteiger partial charge on any atom is -0.497 e. The van der Waals surface area contributed by atoms with E-state index < -0.39 is 0 Å². The van der Waals surface area contributed by atoms with Crippen molar-refractivity contribution >= 4 is 11.8 Å². The number of methoxy groups -OCH3 is 1. The van der Waals surface area contributed by atoms with E-state index in [0.717, 1.165) is 12.3 Å². The third-order valence-electron chi connectivity index (χ3n) is 3.81. The summed E-state index contributed by atoms with van der Waals surface area (Å²) >= 11 is 0. The van der Waals surface area contributed by atoms with Gasteiger partial charge in [0.15, 0.2) is 0 Å². The zero-order valence-electron chi connectivity index (χ0n) is 12.2. The largest absolute Gasteiger partial charge is 0.497 e. The molecule has 1 aliphatic rings. The Morgan fingerprint density at radius 1 is 1.15 bits per heavy atom. The van der Waals surface area contributed by atoms with Crippen LogP contribution < -0.4 is 9.64 Å². The van der Waals surface area contributed by atoms with E-state index in [9.17, 15) is 0 Å². The van der Waals surface area contributed by atoms with Crippen LogP contribution in [0.5, 0.6) is 5.75 Å². The van der Waals surface area contributed by atoms with Crippen molar-refractivity contribution in [3.05, 3.63) is 53.6 Å². The molecule has 0 spiro atoms. The highest BCUT2D eigenvalue weighted by Crippen LogP contribution is 2.41. The average Bonchev–Trinajstić information content (AvgIpc) is 2.47. The molecule has 0 aliphatic carbocycles. The van der Waals surface area contributed by atoms with Crippen LogP contribution in [0.25, 0.3) is 17.2 Å². The first kappa shape index (κ1) is 12.8. The van der Waals surface area contributed by atoms with Crippen LogP contribution in [0.3, 0.4) is 0 Å². The summed E-state index contributed by atoms with van der Waals surface area (Å²) in [5, 5.41) is 0. The Kier molecular flexibility index (Phi) is 3.23. The topological polar surface area (TPSA) is 12.5 Å². The van der Waals surface area contributed by atoms with Crippen molar-refractivity contribution in [3.63, 3.8) is 0 Å². The molecule has 20 heavy (non-hydrogen) atoms. The van der Waals surface area contributed by atoms with E-state index >= 15 is 0 Å². The van der Waals surface area contributed by atoms with Gasteiger partial charge in [-0.2, -0.15) is 0 Å². The molecule has 0 saturated carbocycles. The summed E-state index contributed by atoms with van der Waals surface area (Å²) in [7, 11) is 3.86. The lowest BCUT2D eigenvalue weighted by Gasteiger charge is -2.31. The molecule has 2 nitrogen and oxygen atoms in total. The Morgan fingerprint density at radius 2 is 2.00 bits per heavy atom. The van der Waals surface area contributed by atoms with Crippen LogP contribution in [-0.4, -0.2) is 14.2 Å². The highest BCUT2D eigenvalue weighted by molar-refractivity contribution is 5.89.